The molecule has 0 saturated carbocycles. The summed E-state index contributed by atoms with van der Waals surface area (Å²) in [4.78, 5) is 0. The second-order valence-corrected chi connectivity index (χ2v) is 11.7. The van der Waals surface area contributed by atoms with Crippen molar-refractivity contribution in [2.75, 3.05) is 6.61 Å². The Bertz CT molecular complexity index is 871. The molecular weight excluding hydrogens is 420 g/mol. The standard InChI is InChI=1S/C30H40O2Si/c1-3-5-6-7-8-9-10-17-25-31-33(29-21-13-11-14-22-29,30-23-15-12-16-24-30)32-28-20-18-19-27(4-2)26-28/h11-16,18-24,26H,3-10,17,25H2,1-2H3. The highest BCUT2D eigenvalue weighted by Crippen LogP contribution is 2.20. The topological polar surface area (TPSA) is 18.5 Å². The predicted octanol–water partition coefficient (Wildman–Crippen LogP) is 7.04. The SMILES string of the molecule is CCCCCCCCCCO[Si](Oc1cccc(CC)c1)(c1ccccc1)c1ccccc1. The fourth-order valence-corrected chi connectivity index (χ4v) is 7.36. The molecule has 0 saturated heterocycles. The molecule has 0 N–H and O–H groups in total. The van der Waals surface area contributed by atoms with Crippen molar-refractivity contribution in [2.24, 2.45) is 0 Å². The number of benzene rings is 3. The van der Waals surface area contributed by atoms with Crippen molar-refractivity contribution in [1.82, 2.24) is 0 Å². The second-order valence-electron chi connectivity index (χ2n) is 8.77. The van der Waals surface area contributed by atoms with Gasteiger partial charge < -0.3 is 8.85 Å². The molecule has 0 aliphatic heterocycles. The van der Waals surface area contributed by atoms with Crippen LogP contribution in [0.3, 0.4) is 0 Å². The Labute approximate surface area is 202 Å². The smallest absolute Gasteiger partial charge is 0.468 e. The maximum Gasteiger partial charge on any atom is 0.468 e. The number of unbranched alkanes of at least 4 members (excludes halogenated alkanes) is 7. The Kier molecular flexibility index (Phi) is 10.7. The quantitative estimate of drug-likeness (QED) is 0.179. The van der Waals surface area contributed by atoms with Crippen LogP contribution in [0.25, 0.3) is 0 Å². The van der Waals surface area contributed by atoms with Crippen molar-refractivity contribution in [3.8, 4) is 5.75 Å². The summed E-state index contributed by atoms with van der Waals surface area (Å²) in [6.45, 7) is 5.17. The van der Waals surface area contributed by atoms with Gasteiger partial charge in [0.05, 0.1) is 0 Å². The largest absolute Gasteiger partial charge is 0.514 e. The summed E-state index contributed by atoms with van der Waals surface area (Å²) in [5, 5.41) is 2.30. The summed E-state index contributed by atoms with van der Waals surface area (Å²) in [6.07, 6.45) is 11.3. The minimum atomic E-state index is -2.91. The summed E-state index contributed by atoms with van der Waals surface area (Å²) in [5.74, 6) is 0.893. The van der Waals surface area contributed by atoms with Crippen molar-refractivity contribution in [1.29, 1.82) is 0 Å². The molecule has 0 atom stereocenters. The van der Waals surface area contributed by atoms with Crippen molar-refractivity contribution in [3.63, 3.8) is 0 Å². The Morgan fingerprint density at radius 3 is 1.76 bits per heavy atom. The van der Waals surface area contributed by atoms with Gasteiger partial charge in [-0.3, -0.25) is 0 Å². The molecule has 0 radical (unpaired) electrons. The first-order chi connectivity index (χ1) is 16.3. The monoisotopic (exact) mass is 460 g/mol. The van der Waals surface area contributed by atoms with E-state index in [0.29, 0.717) is 0 Å². The summed E-state index contributed by atoms with van der Waals surface area (Å²) in [5.41, 5.74) is 1.28. The third-order valence-corrected chi connectivity index (χ3v) is 9.50. The zero-order valence-electron chi connectivity index (χ0n) is 20.5. The van der Waals surface area contributed by atoms with Gasteiger partial charge in [-0.2, -0.15) is 0 Å². The first kappa shape index (κ1) is 25.3. The summed E-state index contributed by atoms with van der Waals surface area (Å²) < 4.78 is 13.7. The average Bonchev–Trinajstić information content (AvgIpc) is 2.88. The third kappa shape index (κ3) is 7.58. The molecule has 0 aliphatic rings. The minimum Gasteiger partial charge on any atom is -0.514 e. The van der Waals surface area contributed by atoms with Crippen LogP contribution in [-0.2, 0) is 10.8 Å². The van der Waals surface area contributed by atoms with E-state index in [9.17, 15) is 0 Å². The van der Waals surface area contributed by atoms with E-state index in [2.05, 4.69) is 98.8 Å². The van der Waals surface area contributed by atoms with Gasteiger partial charge >= 0.3 is 8.56 Å². The van der Waals surface area contributed by atoms with Gasteiger partial charge in [0.2, 0.25) is 0 Å². The molecule has 0 amide bonds. The van der Waals surface area contributed by atoms with E-state index in [4.69, 9.17) is 8.85 Å². The van der Waals surface area contributed by atoms with E-state index in [1.807, 2.05) is 0 Å². The number of aryl methyl sites for hydroxylation is 1. The predicted molar refractivity (Wildman–Crippen MR) is 143 cm³/mol. The van der Waals surface area contributed by atoms with Crippen molar-refractivity contribution in [2.45, 2.75) is 71.6 Å². The lowest BCUT2D eigenvalue weighted by Gasteiger charge is -2.32. The van der Waals surface area contributed by atoms with Crippen LogP contribution < -0.4 is 14.8 Å². The second kappa shape index (κ2) is 14.0. The molecule has 0 bridgehead atoms. The van der Waals surface area contributed by atoms with Gasteiger partial charge in [0.25, 0.3) is 0 Å². The lowest BCUT2D eigenvalue weighted by molar-refractivity contribution is 0.252. The van der Waals surface area contributed by atoms with Gasteiger partial charge in [-0.15, -0.1) is 0 Å². The number of hydrogen-bond donors (Lipinski definition) is 0. The van der Waals surface area contributed by atoms with Gasteiger partial charge in [-0.05, 0) is 30.5 Å². The van der Waals surface area contributed by atoms with Gasteiger partial charge in [-0.1, -0.05) is 132 Å². The minimum absolute atomic E-state index is 0.721. The maximum absolute atomic E-state index is 6.91. The molecule has 0 heterocycles. The van der Waals surface area contributed by atoms with Gasteiger partial charge in [0.1, 0.15) is 5.75 Å². The Balaban J connectivity index is 1.79. The zero-order chi connectivity index (χ0) is 23.2. The summed E-state index contributed by atoms with van der Waals surface area (Å²) in [6, 6.07) is 29.6. The van der Waals surface area contributed by atoms with Crippen molar-refractivity contribution in [3.05, 3.63) is 90.5 Å². The van der Waals surface area contributed by atoms with Gasteiger partial charge in [0, 0.05) is 17.0 Å². The van der Waals surface area contributed by atoms with E-state index < -0.39 is 8.56 Å². The van der Waals surface area contributed by atoms with Crippen molar-refractivity contribution < 1.29 is 8.85 Å². The highest BCUT2D eigenvalue weighted by molar-refractivity contribution is 6.93. The Morgan fingerprint density at radius 2 is 1.18 bits per heavy atom. The number of hydrogen-bond acceptors (Lipinski definition) is 2. The molecule has 0 aliphatic carbocycles. The lowest BCUT2D eigenvalue weighted by Crippen LogP contribution is -2.66. The first-order valence-electron chi connectivity index (χ1n) is 12.8. The normalized spacial score (nSPS) is 11.5. The van der Waals surface area contributed by atoms with Crippen LogP contribution >= 0.6 is 0 Å². The zero-order valence-corrected chi connectivity index (χ0v) is 21.5. The van der Waals surface area contributed by atoms with E-state index in [0.717, 1.165) is 35.6 Å². The summed E-state index contributed by atoms with van der Waals surface area (Å²) in [7, 11) is -2.91. The van der Waals surface area contributed by atoms with E-state index in [1.54, 1.807) is 0 Å². The summed E-state index contributed by atoms with van der Waals surface area (Å²) >= 11 is 0. The van der Waals surface area contributed by atoms with Crippen LogP contribution in [0.5, 0.6) is 5.75 Å². The van der Waals surface area contributed by atoms with Crippen LogP contribution in [0, 0.1) is 0 Å². The molecular formula is C30H40O2Si. The van der Waals surface area contributed by atoms with E-state index >= 15 is 0 Å². The molecule has 33 heavy (non-hydrogen) atoms. The van der Waals surface area contributed by atoms with Crippen LogP contribution in [0.4, 0.5) is 0 Å². The van der Waals surface area contributed by atoms with Crippen LogP contribution in [0.15, 0.2) is 84.9 Å². The van der Waals surface area contributed by atoms with Crippen LogP contribution in [0.1, 0.15) is 70.8 Å². The van der Waals surface area contributed by atoms with Crippen LogP contribution in [-0.4, -0.2) is 15.2 Å². The van der Waals surface area contributed by atoms with Gasteiger partial charge in [-0.25, -0.2) is 0 Å². The van der Waals surface area contributed by atoms with Crippen LogP contribution in [0.2, 0.25) is 0 Å². The highest BCUT2D eigenvalue weighted by atomic mass is 28.4. The molecule has 3 rings (SSSR count). The maximum atomic E-state index is 6.91. The molecule has 2 nitrogen and oxygen atoms in total. The third-order valence-electron chi connectivity index (χ3n) is 6.18. The Morgan fingerprint density at radius 1 is 0.606 bits per heavy atom. The number of rotatable bonds is 15. The molecule has 0 spiro atoms. The molecule has 0 aromatic heterocycles. The lowest BCUT2D eigenvalue weighted by atomic mass is 10.1. The fourth-order valence-electron chi connectivity index (χ4n) is 4.24. The molecule has 176 valence electrons. The van der Waals surface area contributed by atoms with Crippen molar-refractivity contribution >= 4 is 18.9 Å². The van der Waals surface area contributed by atoms with Gasteiger partial charge in [0.15, 0.2) is 0 Å². The molecule has 0 unspecified atom stereocenters. The average molecular weight is 461 g/mol. The molecule has 0 fully saturated rings. The fraction of sp³-hybridized carbons (Fsp3) is 0.400. The molecule has 3 aromatic rings. The highest BCUT2D eigenvalue weighted by Gasteiger charge is 2.45. The Hall–Kier alpha value is -2.36. The van der Waals surface area contributed by atoms with E-state index in [-0.39, 0.29) is 0 Å². The van der Waals surface area contributed by atoms with E-state index in [1.165, 1.54) is 50.5 Å². The molecule has 3 aromatic carbocycles. The first-order valence-corrected chi connectivity index (χ1v) is 14.6. The molecule has 3 heteroatoms.